The Morgan fingerprint density at radius 3 is 2.73 bits per heavy atom. The molecule has 0 unspecified atom stereocenters. The number of benzene rings is 1. The maximum Gasteiger partial charge on any atom is 0.290 e. The number of β-lactam (4-membered cyclic amide) rings is 1. The first-order valence-corrected chi connectivity index (χ1v) is 13.5. The van der Waals surface area contributed by atoms with E-state index in [1.54, 1.807) is 34.0 Å². The van der Waals surface area contributed by atoms with Gasteiger partial charge in [0.2, 0.25) is 18.4 Å². The molecule has 5 rings (SSSR count). The number of carboxylic acids is 1. The molecular formula is C27H27N5O7S. The van der Waals surface area contributed by atoms with Gasteiger partial charge in [0.1, 0.15) is 11.4 Å². The number of phenolic OH excluding ortho intramolecular Hbond substituents is 1. The average molecular weight is 566 g/mol. The molecule has 40 heavy (non-hydrogen) atoms. The summed E-state index contributed by atoms with van der Waals surface area (Å²) in [6, 6.07) is 7.43. The molecule has 0 saturated carbocycles. The number of nitrogens with two attached hydrogens (primary N) is 1. The number of pyridine rings is 1. The van der Waals surface area contributed by atoms with Gasteiger partial charge in [-0.15, -0.1) is 11.8 Å². The van der Waals surface area contributed by atoms with Crippen LogP contribution in [-0.2, 0) is 32.3 Å². The van der Waals surface area contributed by atoms with E-state index < -0.39 is 23.3 Å². The van der Waals surface area contributed by atoms with E-state index >= 15 is 0 Å². The number of aromatic nitrogens is 1. The van der Waals surface area contributed by atoms with Crippen LogP contribution < -0.4 is 25.5 Å². The van der Waals surface area contributed by atoms with E-state index in [1.165, 1.54) is 31.0 Å². The van der Waals surface area contributed by atoms with Gasteiger partial charge in [-0.3, -0.25) is 19.3 Å². The molecule has 0 bridgehead atoms. The largest absolute Gasteiger partial charge is 0.543 e. The van der Waals surface area contributed by atoms with Gasteiger partial charge in [0.25, 0.3) is 5.91 Å². The maximum atomic E-state index is 13.1. The summed E-state index contributed by atoms with van der Waals surface area (Å²) in [5.41, 5.74) is 7.76. The molecule has 2 fully saturated rings. The van der Waals surface area contributed by atoms with Crippen molar-refractivity contribution in [2.75, 3.05) is 24.7 Å². The molecule has 13 heteroatoms. The summed E-state index contributed by atoms with van der Waals surface area (Å²) in [5, 5.41) is 23.8. The second-order valence-corrected chi connectivity index (χ2v) is 10.7. The number of amides is 3. The summed E-state index contributed by atoms with van der Waals surface area (Å²) < 4.78 is 6.74. The van der Waals surface area contributed by atoms with Gasteiger partial charge in [-0.1, -0.05) is 0 Å². The van der Waals surface area contributed by atoms with Gasteiger partial charge in [0, 0.05) is 48.3 Å². The van der Waals surface area contributed by atoms with Crippen molar-refractivity contribution in [3.63, 3.8) is 0 Å². The predicted octanol–water partition coefficient (Wildman–Crippen LogP) is -0.768. The molecule has 12 nitrogen and oxygen atoms in total. The lowest BCUT2D eigenvalue weighted by atomic mass is 10.0. The highest BCUT2D eigenvalue weighted by atomic mass is 32.2. The van der Waals surface area contributed by atoms with Gasteiger partial charge in [0.05, 0.1) is 18.8 Å². The van der Waals surface area contributed by atoms with Crippen LogP contribution in [0.15, 0.2) is 65.6 Å². The molecule has 0 spiro atoms. The number of aliphatic carboxylic acids is 1. The van der Waals surface area contributed by atoms with E-state index in [2.05, 4.69) is 5.32 Å². The quantitative estimate of drug-likeness (QED) is 0.161. The number of carbonyl (C=O) groups excluding carboxylic acids is 4. The Hall–Kier alpha value is -4.36. The van der Waals surface area contributed by atoms with E-state index in [4.69, 9.17) is 10.5 Å². The Morgan fingerprint density at radius 1 is 1.27 bits per heavy atom. The number of thioether (sulfide) groups is 1. The van der Waals surface area contributed by atoms with Crippen LogP contribution in [0.2, 0.25) is 0 Å². The van der Waals surface area contributed by atoms with Crippen LogP contribution in [0.1, 0.15) is 12.0 Å². The van der Waals surface area contributed by atoms with Crippen LogP contribution in [-0.4, -0.2) is 69.4 Å². The topological polar surface area (TPSA) is 169 Å². The Kier molecular flexibility index (Phi) is 7.50. The number of carboxylic acid groups (broad SMARTS) is 1. The summed E-state index contributed by atoms with van der Waals surface area (Å²) in [7, 11) is 1.42. The number of carbonyl (C=O) groups is 4. The third-order valence-electron chi connectivity index (χ3n) is 6.92. The molecule has 0 radical (unpaired) electrons. The Labute approximate surface area is 233 Å². The van der Waals surface area contributed by atoms with Crippen molar-refractivity contribution in [1.29, 1.82) is 0 Å². The molecule has 2 saturated heterocycles. The molecule has 1 aromatic carbocycles. The number of allylic oxidation sites excluding steroid dienone is 1. The standard InChI is InChI=1S/C27H27N5O7S/c1-39-20-11-18(2-3-19(20)33)29-21(34)13-30-7-4-15(5-8-30)12-31-9-6-16(24(31)35)10-17-14-40-26-22(28)25(36)32(26)23(17)27(37)38/h2-5,7-8,10-11,22,26H,6,9,12-14,28H2,1H3,(H2-,29,33,34,37,38)/b16-10+/t22-,26-/m1/s1. The number of hydrogen-bond acceptors (Lipinski definition) is 9. The number of nitrogens with zero attached hydrogens (tertiary/aromatic N) is 3. The molecule has 2 aromatic rings. The lowest BCUT2D eigenvalue weighted by molar-refractivity contribution is -0.684. The number of likely N-dealkylation sites (tertiary alicyclic amines) is 1. The molecule has 0 aliphatic carbocycles. The fourth-order valence-corrected chi connectivity index (χ4v) is 6.10. The molecule has 3 aliphatic heterocycles. The number of nitrogens with one attached hydrogen (secondary N) is 1. The summed E-state index contributed by atoms with van der Waals surface area (Å²) in [5.74, 6) is -1.86. The van der Waals surface area contributed by atoms with Crippen LogP contribution >= 0.6 is 11.8 Å². The van der Waals surface area contributed by atoms with Gasteiger partial charge < -0.3 is 35.7 Å². The monoisotopic (exact) mass is 565 g/mol. The van der Waals surface area contributed by atoms with Crippen LogP contribution in [0.3, 0.4) is 0 Å². The van der Waals surface area contributed by atoms with E-state index in [0.717, 1.165) is 10.5 Å². The lowest BCUT2D eigenvalue weighted by Crippen LogP contribution is -2.69. The van der Waals surface area contributed by atoms with Gasteiger partial charge in [-0.2, -0.15) is 4.57 Å². The predicted molar refractivity (Wildman–Crippen MR) is 141 cm³/mol. The van der Waals surface area contributed by atoms with Crippen molar-refractivity contribution in [3.05, 3.63) is 71.2 Å². The molecule has 4 heterocycles. The van der Waals surface area contributed by atoms with Crippen molar-refractivity contribution >= 4 is 41.1 Å². The summed E-state index contributed by atoms with van der Waals surface area (Å²) in [4.78, 5) is 52.3. The zero-order valence-electron chi connectivity index (χ0n) is 21.5. The number of phenols is 1. The molecule has 208 valence electrons. The normalized spacial score (nSPS) is 21.4. The van der Waals surface area contributed by atoms with Crippen molar-refractivity contribution in [3.8, 4) is 11.5 Å². The first-order valence-electron chi connectivity index (χ1n) is 12.5. The number of methoxy groups -OCH3 is 1. The van der Waals surface area contributed by atoms with Crippen LogP contribution in [0.4, 0.5) is 5.69 Å². The van der Waals surface area contributed by atoms with E-state index in [1.807, 2.05) is 12.1 Å². The first-order chi connectivity index (χ1) is 19.2. The van der Waals surface area contributed by atoms with Crippen molar-refractivity contribution in [2.24, 2.45) is 5.73 Å². The molecule has 2 atom stereocenters. The number of ether oxygens (including phenoxy) is 1. The van der Waals surface area contributed by atoms with Crippen molar-refractivity contribution in [2.45, 2.75) is 30.9 Å². The maximum absolute atomic E-state index is 13.1. The Balaban J connectivity index is 1.20. The fraction of sp³-hybridized carbons (Fsp3) is 0.296. The Bertz CT molecular complexity index is 1460. The number of rotatable bonds is 8. The number of aromatic hydroxyl groups is 1. The van der Waals surface area contributed by atoms with Crippen LogP contribution in [0.5, 0.6) is 11.5 Å². The third kappa shape index (κ3) is 5.25. The molecular weight excluding hydrogens is 538 g/mol. The van der Waals surface area contributed by atoms with Crippen LogP contribution in [0, 0.1) is 0 Å². The summed E-state index contributed by atoms with van der Waals surface area (Å²) >= 11 is 1.37. The van der Waals surface area contributed by atoms with E-state index in [9.17, 15) is 29.4 Å². The highest BCUT2D eigenvalue weighted by Gasteiger charge is 2.50. The van der Waals surface area contributed by atoms with Crippen molar-refractivity contribution in [1.82, 2.24) is 9.80 Å². The summed E-state index contributed by atoms with van der Waals surface area (Å²) in [6.07, 6.45) is 5.49. The fourth-order valence-electron chi connectivity index (χ4n) is 4.84. The van der Waals surface area contributed by atoms with Gasteiger partial charge >= 0.3 is 0 Å². The molecule has 3 amide bonds. The number of anilines is 1. The molecule has 3 aliphatic rings. The number of hydrogen-bond donors (Lipinski definition) is 3. The second kappa shape index (κ2) is 11.0. The van der Waals surface area contributed by atoms with Gasteiger partial charge in [-0.25, -0.2) is 0 Å². The highest BCUT2D eigenvalue weighted by molar-refractivity contribution is 8.00. The smallest absolute Gasteiger partial charge is 0.290 e. The van der Waals surface area contributed by atoms with Crippen LogP contribution in [0.25, 0.3) is 0 Å². The van der Waals surface area contributed by atoms with E-state index in [-0.39, 0.29) is 35.6 Å². The molecule has 1 aromatic heterocycles. The zero-order valence-corrected chi connectivity index (χ0v) is 22.3. The number of fused-ring (bicyclic) bond motifs is 1. The van der Waals surface area contributed by atoms with E-state index in [0.29, 0.717) is 42.1 Å². The minimum Gasteiger partial charge on any atom is -0.543 e. The SMILES string of the molecule is COc1cc(NC(=O)C[n+]2ccc(CN3CC/C(=C\C4=C(C(=O)[O-])N5C(=O)[C@@H](N)[C@H]5SC4)C3=O)cc2)ccc1O. The van der Waals surface area contributed by atoms with Gasteiger partial charge in [-0.05, 0) is 35.8 Å². The average Bonchev–Trinajstić information content (AvgIpc) is 3.28. The third-order valence-corrected chi connectivity index (χ3v) is 8.24. The highest BCUT2D eigenvalue weighted by Crippen LogP contribution is 2.40. The van der Waals surface area contributed by atoms with Gasteiger partial charge in [0.15, 0.2) is 23.9 Å². The van der Waals surface area contributed by atoms with Crippen molar-refractivity contribution < 1.29 is 38.7 Å². The minimum atomic E-state index is -1.46. The zero-order chi connectivity index (χ0) is 28.6. The minimum absolute atomic E-state index is 0.0246. The first kappa shape index (κ1) is 27.2. The molecule has 4 N–H and O–H groups in total. The summed E-state index contributed by atoms with van der Waals surface area (Å²) in [6.45, 7) is 0.868. The lowest BCUT2D eigenvalue weighted by Gasteiger charge is -2.49. The Morgan fingerprint density at radius 2 is 2.02 bits per heavy atom. The second-order valence-electron chi connectivity index (χ2n) is 9.56.